The van der Waals surface area contributed by atoms with E-state index in [0.29, 0.717) is 6.54 Å². The summed E-state index contributed by atoms with van der Waals surface area (Å²) in [5.41, 5.74) is 2.00. The molecule has 2 atom stereocenters. The number of hydrogen-bond donors (Lipinski definition) is 2. The van der Waals surface area contributed by atoms with Gasteiger partial charge in [0.2, 0.25) is 9.84 Å². The largest absolute Gasteiger partial charge is 0.430 e. The summed E-state index contributed by atoms with van der Waals surface area (Å²) in [6, 6.07) is 10.1. The highest BCUT2D eigenvalue weighted by Crippen LogP contribution is 2.34. The molecule has 1 fully saturated rings. The Morgan fingerprint density at radius 3 is 2.73 bits per heavy atom. The van der Waals surface area contributed by atoms with Crippen LogP contribution in [-0.2, 0) is 21.0 Å². The topological polar surface area (TPSA) is 84.5 Å². The molecule has 0 bridgehead atoms. The maximum atomic E-state index is 13.5. The standard InChI is InChI=1S/C22H25FN2O4S/c23-17-6-2-7-18(13-17)30(27,28)19-9-10-20-15(12-19)4-1-5-16(20)14-25-22(26)29-21-8-3-11-24-21/h2,6-7,9-10,12-13,16,21,24H,1,3-5,8,11,14H2,(H,25,26)/t16?,21-/m1/s1. The van der Waals surface area contributed by atoms with Crippen LogP contribution in [0.3, 0.4) is 0 Å². The van der Waals surface area contributed by atoms with Crippen LogP contribution in [0.4, 0.5) is 9.18 Å². The van der Waals surface area contributed by atoms with Crippen molar-refractivity contribution < 1.29 is 22.3 Å². The molecule has 1 aliphatic heterocycles. The quantitative estimate of drug-likeness (QED) is 0.755. The van der Waals surface area contributed by atoms with Gasteiger partial charge < -0.3 is 10.1 Å². The van der Waals surface area contributed by atoms with E-state index in [4.69, 9.17) is 4.74 Å². The fourth-order valence-electron chi connectivity index (χ4n) is 4.17. The summed E-state index contributed by atoms with van der Waals surface area (Å²) in [6.07, 6.45) is 3.74. The van der Waals surface area contributed by atoms with Gasteiger partial charge in [0, 0.05) is 12.5 Å². The minimum atomic E-state index is -3.79. The average Bonchev–Trinajstić information content (AvgIpc) is 3.24. The summed E-state index contributed by atoms with van der Waals surface area (Å²) in [6.45, 7) is 1.29. The molecule has 1 aliphatic carbocycles. The fraction of sp³-hybridized carbons (Fsp3) is 0.409. The van der Waals surface area contributed by atoms with Gasteiger partial charge in [0.25, 0.3) is 0 Å². The Kier molecular flexibility index (Phi) is 6.06. The average molecular weight is 433 g/mol. The second-order valence-corrected chi connectivity index (χ2v) is 9.73. The predicted octanol–water partition coefficient (Wildman–Crippen LogP) is 3.51. The van der Waals surface area contributed by atoms with Gasteiger partial charge in [0.1, 0.15) is 5.82 Å². The number of nitrogens with one attached hydrogen (secondary N) is 2. The molecule has 0 spiro atoms. The molecule has 0 aromatic heterocycles. The van der Waals surface area contributed by atoms with Crippen LogP contribution in [0, 0.1) is 5.82 Å². The Hall–Kier alpha value is -2.45. The zero-order chi connectivity index (χ0) is 21.1. The van der Waals surface area contributed by atoms with Gasteiger partial charge in [-0.25, -0.2) is 17.6 Å². The second kappa shape index (κ2) is 8.73. The van der Waals surface area contributed by atoms with Gasteiger partial charge in [-0.15, -0.1) is 0 Å². The van der Waals surface area contributed by atoms with Crippen molar-refractivity contribution in [2.75, 3.05) is 13.1 Å². The molecule has 1 unspecified atom stereocenters. The van der Waals surface area contributed by atoms with Crippen molar-refractivity contribution in [3.05, 3.63) is 59.4 Å². The number of alkyl carbamates (subject to hydrolysis) is 1. The number of carbonyl (C=O) groups is 1. The number of benzene rings is 2. The first-order chi connectivity index (χ1) is 14.4. The van der Waals surface area contributed by atoms with Crippen LogP contribution in [0.2, 0.25) is 0 Å². The van der Waals surface area contributed by atoms with Crippen LogP contribution < -0.4 is 10.6 Å². The van der Waals surface area contributed by atoms with Crippen LogP contribution in [0.15, 0.2) is 52.3 Å². The van der Waals surface area contributed by atoms with Crippen LogP contribution in [0.5, 0.6) is 0 Å². The highest BCUT2D eigenvalue weighted by atomic mass is 32.2. The summed E-state index contributed by atoms with van der Waals surface area (Å²) in [7, 11) is -3.79. The van der Waals surface area contributed by atoms with Crippen molar-refractivity contribution in [3.63, 3.8) is 0 Å². The van der Waals surface area contributed by atoms with E-state index in [1.54, 1.807) is 12.1 Å². The van der Waals surface area contributed by atoms with Gasteiger partial charge in [-0.05, 0) is 80.1 Å². The number of fused-ring (bicyclic) bond motifs is 1. The number of aryl methyl sites for hydroxylation is 1. The van der Waals surface area contributed by atoms with E-state index >= 15 is 0 Å². The highest BCUT2D eigenvalue weighted by Gasteiger charge is 2.25. The molecule has 2 N–H and O–H groups in total. The van der Waals surface area contributed by atoms with Crippen molar-refractivity contribution in [2.45, 2.75) is 54.0 Å². The molecular weight excluding hydrogens is 407 g/mol. The maximum absolute atomic E-state index is 13.5. The van der Waals surface area contributed by atoms with Gasteiger partial charge in [-0.3, -0.25) is 5.32 Å². The monoisotopic (exact) mass is 432 g/mol. The molecule has 2 aromatic rings. The summed E-state index contributed by atoms with van der Waals surface area (Å²) in [5.74, 6) is -0.483. The molecule has 2 aromatic carbocycles. The van der Waals surface area contributed by atoms with E-state index in [9.17, 15) is 17.6 Å². The Morgan fingerprint density at radius 1 is 1.13 bits per heavy atom. The van der Waals surface area contributed by atoms with Crippen LogP contribution >= 0.6 is 0 Å². The molecule has 160 valence electrons. The van der Waals surface area contributed by atoms with E-state index in [2.05, 4.69) is 10.6 Å². The number of amides is 1. The van der Waals surface area contributed by atoms with E-state index in [1.165, 1.54) is 18.2 Å². The predicted molar refractivity (Wildman–Crippen MR) is 109 cm³/mol. The zero-order valence-electron chi connectivity index (χ0n) is 16.6. The van der Waals surface area contributed by atoms with Gasteiger partial charge in [-0.2, -0.15) is 0 Å². The first kappa shape index (κ1) is 20.8. The molecule has 0 saturated carbocycles. The smallest absolute Gasteiger partial charge is 0.408 e. The van der Waals surface area contributed by atoms with E-state index < -0.39 is 21.7 Å². The van der Waals surface area contributed by atoms with Crippen molar-refractivity contribution in [1.29, 1.82) is 0 Å². The summed E-state index contributed by atoms with van der Waals surface area (Å²) >= 11 is 0. The zero-order valence-corrected chi connectivity index (χ0v) is 17.4. The Morgan fingerprint density at radius 2 is 1.97 bits per heavy atom. The van der Waals surface area contributed by atoms with Crippen LogP contribution in [0.1, 0.15) is 42.7 Å². The Labute approximate surface area is 175 Å². The molecule has 1 amide bonds. The normalized spacial score (nSPS) is 21.1. The molecule has 1 saturated heterocycles. The van der Waals surface area contributed by atoms with E-state index in [1.807, 2.05) is 6.07 Å². The van der Waals surface area contributed by atoms with Crippen molar-refractivity contribution >= 4 is 15.9 Å². The molecule has 2 aliphatic rings. The third-order valence-corrected chi connectivity index (χ3v) is 7.48. The van der Waals surface area contributed by atoms with Gasteiger partial charge in [-0.1, -0.05) is 12.1 Å². The molecule has 0 radical (unpaired) electrons. The Balaban J connectivity index is 1.48. The van der Waals surface area contributed by atoms with Gasteiger partial charge >= 0.3 is 6.09 Å². The lowest BCUT2D eigenvalue weighted by Crippen LogP contribution is -2.36. The lowest BCUT2D eigenvalue weighted by atomic mass is 9.83. The molecule has 4 rings (SSSR count). The first-order valence-electron chi connectivity index (χ1n) is 10.2. The van der Waals surface area contributed by atoms with Crippen LogP contribution in [0.25, 0.3) is 0 Å². The number of ether oxygens (including phenoxy) is 1. The molecular formula is C22H25FN2O4S. The summed E-state index contributed by atoms with van der Waals surface area (Å²) < 4.78 is 44.6. The molecule has 8 heteroatoms. The minimum Gasteiger partial charge on any atom is -0.430 e. The SMILES string of the molecule is O=C(NCC1CCCc2cc(S(=O)(=O)c3cccc(F)c3)ccc21)O[C@@H]1CCCN1. The highest BCUT2D eigenvalue weighted by molar-refractivity contribution is 7.91. The van der Waals surface area contributed by atoms with Crippen molar-refractivity contribution in [1.82, 2.24) is 10.6 Å². The van der Waals surface area contributed by atoms with Gasteiger partial charge in [0.05, 0.1) is 9.79 Å². The third-order valence-electron chi connectivity index (χ3n) is 5.73. The van der Waals surface area contributed by atoms with Crippen molar-refractivity contribution in [3.8, 4) is 0 Å². The van der Waals surface area contributed by atoms with E-state index in [-0.39, 0.29) is 21.9 Å². The van der Waals surface area contributed by atoms with E-state index in [0.717, 1.165) is 55.8 Å². The number of rotatable bonds is 5. The molecule has 6 nitrogen and oxygen atoms in total. The number of halogens is 1. The lowest BCUT2D eigenvalue weighted by molar-refractivity contribution is 0.0891. The van der Waals surface area contributed by atoms with Crippen molar-refractivity contribution in [2.24, 2.45) is 0 Å². The Bertz CT molecular complexity index is 1040. The summed E-state index contributed by atoms with van der Waals surface area (Å²) in [4.78, 5) is 12.1. The third kappa shape index (κ3) is 4.49. The maximum Gasteiger partial charge on any atom is 0.408 e. The molecule has 1 heterocycles. The number of hydrogen-bond acceptors (Lipinski definition) is 5. The second-order valence-electron chi connectivity index (χ2n) is 7.78. The first-order valence-corrected chi connectivity index (χ1v) is 11.7. The number of sulfone groups is 1. The number of carbonyl (C=O) groups excluding carboxylic acids is 1. The van der Waals surface area contributed by atoms with Crippen LogP contribution in [-0.4, -0.2) is 33.8 Å². The van der Waals surface area contributed by atoms with Gasteiger partial charge in [0.15, 0.2) is 6.23 Å². The summed E-state index contributed by atoms with van der Waals surface area (Å²) in [5, 5.41) is 5.95. The lowest BCUT2D eigenvalue weighted by Gasteiger charge is -2.26. The minimum absolute atomic E-state index is 0.0558. The molecule has 30 heavy (non-hydrogen) atoms. The fourth-order valence-corrected chi connectivity index (χ4v) is 5.51.